The second-order valence-electron chi connectivity index (χ2n) is 4.59. The van der Waals surface area contributed by atoms with E-state index >= 15 is 0 Å². The van der Waals surface area contributed by atoms with Gasteiger partial charge in [-0.05, 0) is 6.42 Å². The van der Waals surface area contributed by atoms with Crippen molar-refractivity contribution in [2.75, 3.05) is 20.8 Å². The van der Waals surface area contributed by atoms with Gasteiger partial charge in [-0.3, -0.25) is 0 Å². The summed E-state index contributed by atoms with van der Waals surface area (Å²) in [7, 11) is -2.30. The van der Waals surface area contributed by atoms with Crippen molar-refractivity contribution in [3.8, 4) is 0 Å². The molecule has 0 aromatic carbocycles. The maximum Gasteiger partial charge on any atom is 0.379 e. The molecule has 0 heterocycles. The second kappa shape index (κ2) is 8.84. The molecule has 0 aromatic heterocycles. The lowest BCUT2D eigenvalue weighted by atomic mass is 10.1. The molecule has 19 heavy (non-hydrogen) atoms. The van der Waals surface area contributed by atoms with E-state index in [0.29, 0.717) is 10.7 Å². The number of ether oxygens (including phenoxy) is 2. The molecule has 0 rings (SSSR count). The summed E-state index contributed by atoms with van der Waals surface area (Å²) >= 11 is 0. The first-order valence-electron chi connectivity index (χ1n) is 6.64. The lowest BCUT2D eigenvalue weighted by molar-refractivity contribution is -0.257. The van der Waals surface area contributed by atoms with Gasteiger partial charge in [-0.25, -0.2) is 0 Å². The number of halogens is 1. The summed E-state index contributed by atoms with van der Waals surface area (Å²) in [5.41, 5.74) is 0. The maximum absolute atomic E-state index is 13.3. The second-order valence-corrected chi connectivity index (χ2v) is 5.85. The van der Waals surface area contributed by atoms with Gasteiger partial charge in [0.15, 0.2) is 0 Å². The number of rotatable bonds is 11. The Labute approximate surface area is 116 Å². The van der Waals surface area contributed by atoms with Gasteiger partial charge in [-0.15, -0.1) is 4.31 Å². The van der Waals surface area contributed by atoms with Crippen LogP contribution in [0, 0.1) is 0 Å². The van der Waals surface area contributed by atoms with E-state index < -0.39 is 16.3 Å². The number of unbranched alkanes of at least 4 members (excludes halogenated alkanes) is 5. The fourth-order valence-corrected chi connectivity index (χ4v) is 2.73. The average molecular weight is 299 g/mol. The smallest absolute Gasteiger partial charge is 0.340 e. The molecule has 0 aromatic rings. The highest BCUT2D eigenvalue weighted by molar-refractivity contribution is 7.84. The Morgan fingerprint density at radius 2 is 1.53 bits per heavy atom. The predicted molar refractivity (Wildman–Crippen MR) is 72.5 cm³/mol. The van der Waals surface area contributed by atoms with Crippen LogP contribution in [0.1, 0.15) is 52.4 Å². The molecule has 0 fully saturated rings. The number of methoxy groups -OCH3 is 2. The fourth-order valence-electron chi connectivity index (χ4n) is 1.83. The molecule has 0 bridgehead atoms. The maximum atomic E-state index is 13.3. The Morgan fingerprint density at radius 3 is 1.95 bits per heavy atom. The SMILES string of the molecule is CCCCCCCCN(C(C)(OC)OC)S(=O)(=O)F. The van der Waals surface area contributed by atoms with Gasteiger partial charge in [-0.2, -0.15) is 8.42 Å². The van der Waals surface area contributed by atoms with Crippen LogP contribution in [0.5, 0.6) is 0 Å². The van der Waals surface area contributed by atoms with Crippen LogP contribution in [0.3, 0.4) is 0 Å². The van der Waals surface area contributed by atoms with Gasteiger partial charge in [0, 0.05) is 27.7 Å². The molecule has 116 valence electrons. The molecular weight excluding hydrogens is 273 g/mol. The van der Waals surface area contributed by atoms with Crippen LogP contribution in [0.25, 0.3) is 0 Å². The van der Waals surface area contributed by atoms with Crippen molar-refractivity contribution < 1.29 is 21.8 Å². The van der Waals surface area contributed by atoms with E-state index in [-0.39, 0.29) is 6.54 Å². The van der Waals surface area contributed by atoms with Crippen molar-refractivity contribution in [2.45, 2.75) is 58.3 Å². The quantitative estimate of drug-likeness (QED) is 0.334. The molecule has 0 radical (unpaired) electrons. The molecule has 0 amide bonds. The number of nitrogens with zero attached hydrogens (tertiary/aromatic N) is 1. The average Bonchev–Trinajstić information content (AvgIpc) is 2.35. The summed E-state index contributed by atoms with van der Waals surface area (Å²) in [6, 6.07) is 0. The van der Waals surface area contributed by atoms with E-state index in [1.54, 1.807) is 0 Å². The number of hydrogen-bond acceptors (Lipinski definition) is 4. The molecule has 0 aliphatic heterocycles. The van der Waals surface area contributed by atoms with Crippen molar-refractivity contribution in [1.29, 1.82) is 0 Å². The first-order valence-corrected chi connectivity index (χ1v) is 7.98. The third kappa shape index (κ3) is 6.65. The topological polar surface area (TPSA) is 55.8 Å². The number of hydrogen-bond donors (Lipinski definition) is 0. The zero-order valence-electron chi connectivity index (χ0n) is 12.3. The van der Waals surface area contributed by atoms with Gasteiger partial charge in [-0.1, -0.05) is 42.9 Å². The van der Waals surface area contributed by atoms with Gasteiger partial charge in [0.05, 0.1) is 0 Å². The van der Waals surface area contributed by atoms with E-state index in [1.165, 1.54) is 27.6 Å². The van der Waals surface area contributed by atoms with Crippen molar-refractivity contribution in [3.05, 3.63) is 0 Å². The highest BCUT2D eigenvalue weighted by Gasteiger charge is 2.40. The highest BCUT2D eigenvalue weighted by Crippen LogP contribution is 2.23. The monoisotopic (exact) mass is 299 g/mol. The Bertz CT molecular complexity index is 331. The van der Waals surface area contributed by atoms with Crippen LogP contribution in [-0.2, 0) is 19.9 Å². The van der Waals surface area contributed by atoms with Gasteiger partial charge in [0.1, 0.15) is 0 Å². The molecule has 5 nitrogen and oxygen atoms in total. The zero-order chi connectivity index (χ0) is 14.9. The van der Waals surface area contributed by atoms with Gasteiger partial charge < -0.3 is 9.47 Å². The Morgan fingerprint density at radius 1 is 1.05 bits per heavy atom. The minimum atomic E-state index is -4.86. The third-order valence-corrected chi connectivity index (χ3v) is 4.23. The van der Waals surface area contributed by atoms with Crippen molar-refractivity contribution in [1.82, 2.24) is 4.31 Å². The van der Waals surface area contributed by atoms with E-state index in [0.717, 1.165) is 25.7 Å². The van der Waals surface area contributed by atoms with E-state index in [4.69, 9.17) is 9.47 Å². The first-order chi connectivity index (χ1) is 8.81. The lowest BCUT2D eigenvalue weighted by Crippen LogP contribution is -2.51. The molecule has 0 atom stereocenters. The molecule has 0 saturated carbocycles. The van der Waals surface area contributed by atoms with Crippen molar-refractivity contribution in [2.24, 2.45) is 0 Å². The van der Waals surface area contributed by atoms with Crippen LogP contribution >= 0.6 is 0 Å². The minimum absolute atomic E-state index is 0.0448. The predicted octanol–water partition coefficient (Wildman–Crippen LogP) is 2.83. The molecule has 7 heteroatoms. The van der Waals surface area contributed by atoms with Crippen LogP contribution in [0.2, 0.25) is 0 Å². The molecule has 0 N–H and O–H groups in total. The first kappa shape index (κ1) is 18.8. The third-order valence-electron chi connectivity index (χ3n) is 3.19. The van der Waals surface area contributed by atoms with Crippen LogP contribution in [-0.4, -0.2) is 39.4 Å². The molecule has 0 spiro atoms. The van der Waals surface area contributed by atoms with Gasteiger partial charge >= 0.3 is 10.4 Å². The Balaban J connectivity index is 4.40. The zero-order valence-corrected chi connectivity index (χ0v) is 13.1. The molecule has 0 saturated heterocycles. The summed E-state index contributed by atoms with van der Waals surface area (Å²) in [4.78, 5) is 0. The summed E-state index contributed by atoms with van der Waals surface area (Å²) in [5.74, 6) is -1.60. The molecular formula is C12H26FNO4S. The lowest BCUT2D eigenvalue weighted by Gasteiger charge is -2.34. The van der Waals surface area contributed by atoms with Crippen molar-refractivity contribution in [3.63, 3.8) is 0 Å². The summed E-state index contributed by atoms with van der Waals surface area (Å²) in [5, 5.41) is 0. The van der Waals surface area contributed by atoms with E-state index in [1.807, 2.05) is 0 Å². The van der Waals surface area contributed by atoms with Crippen LogP contribution in [0.4, 0.5) is 3.89 Å². The Kier molecular flexibility index (Phi) is 8.73. The van der Waals surface area contributed by atoms with Gasteiger partial charge in [0.25, 0.3) is 0 Å². The van der Waals surface area contributed by atoms with Gasteiger partial charge in [0.2, 0.25) is 5.91 Å². The van der Waals surface area contributed by atoms with Crippen molar-refractivity contribution >= 4 is 10.4 Å². The summed E-state index contributed by atoms with van der Waals surface area (Å²) < 4.78 is 46.1. The largest absolute Gasteiger partial charge is 0.379 e. The van der Waals surface area contributed by atoms with E-state index in [9.17, 15) is 12.3 Å². The minimum Gasteiger partial charge on any atom is -0.340 e. The Hall–Kier alpha value is -0.240. The molecule has 0 unspecified atom stereocenters. The fraction of sp³-hybridized carbons (Fsp3) is 1.00. The van der Waals surface area contributed by atoms with Crippen LogP contribution < -0.4 is 0 Å². The standard InChI is InChI=1S/C12H26FNO4S/c1-5-6-7-8-9-10-11-14(19(13,15)16)12(2,17-3)18-4/h5-11H2,1-4H3. The van der Waals surface area contributed by atoms with E-state index in [2.05, 4.69) is 6.92 Å². The summed E-state index contributed by atoms with van der Waals surface area (Å²) in [6.45, 7) is 3.55. The highest BCUT2D eigenvalue weighted by atomic mass is 32.3. The molecule has 0 aliphatic rings. The summed E-state index contributed by atoms with van der Waals surface area (Å²) in [6.07, 6.45) is 5.88. The normalized spacial score (nSPS) is 13.2. The van der Waals surface area contributed by atoms with Crippen LogP contribution in [0.15, 0.2) is 0 Å². The molecule has 0 aliphatic carbocycles.